The van der Waals surface area contributed by atoms with Crippen molar-refractivity contribution in [3.63, 3.8) is 0 Å². The van der Waals surface area contributed by atoms with Gasteiger partial charge in [0.15, 0.2) is 0 Å². The van der Waals surface area contributed by atoms with Gasteiger partial charge in [-0.1, -0.05) is 51.5 Å². The van der Waals surface area contributed by atoms with E-state index in [9.17, 15) is 0 Å². The van der Waals surface area contributed by atoms with Gasteiger partial charge >= 0.3 is 0 Å². The molecule has 0 saturated carbocycles. The molecule has 1 heteroatoms. The van der Waals surface area contributed by atoms with Crippen LogP contribution in [-0.2, 0) is 12.8 Å². The molecule has 0 fully saturated rings. The number of nitrogens with two attached hydrogens (primary N) is 1. The predicted molar refractivity (Wildman–Crippen MR) is 99.7 cm³/mol. The zero-order valence-electron chi connectivity index (χ0n) is 15.4. The fraction of sp³-hybridized carbons (Fsp3) is 0.714. The van der Waals surface area contributed by atoms with Gasteiger partial charge in [0, 0.05) is 0 Å². The lowest BCUT2D eigenvalue weighted by Crippen LogP contribution is -2.01. The minimum absolute atomic E-state index is 0.856. The molecule has 0 heterocycles. The summed E-state index contributed by atoms with van der Waals surface area (Å²) in [6, 6.07) is 2.44. The lowest BCUT2D eigenvalue weighted by atomic mass is 9.90. The van der Waals surface area contributed by atoms with Crippen LogP contribution in [0.15, 0.2) is 6.07 Å². The Hall–Kier alpha value is -0.820. The summed E-state index contributed by atoms with van der Waals surface area (Å²) in [6.07, 6.45) is 13.2. The molecule has 1 aromatic rings. The minimum Gasteiger partial charge on any atom is -0.330 e. The van der Waals surface area contributed by atoms with Gasteiger partial charge in [0.25, 0.3) is 0 Å². The number of aryl methyl sites for hydroxylation is 2. The maximum atomic E-state index is 5.52. The average molecular weight is 304 g/mol. The molecule has 126 valence electrons. The first-order valence-electron chi connectivity index (χ1n) is 9.40. The third-order valence-electron chi connectivity index (χ3n) is 5.14. The summed E-state index contributed by atoms with van der Waals surface area (Å²) in [5.74, 6) is 0. The van der Waals surface area contributed by atoms with Gasteiger partial charge in [-0.3, -0.25) is 0 Å². The van der Waals surface area contributed by atoms with Gasteiger partial charge in [-0.05, 0) is 80.8 Å². The Morgan fingerprint density at radius 1 is 0.773 bits per heavy atom. The van der Waals surface area contributed by atoms with Gasteiger partial charge in [-0.25, -0.2) is 0 Å². The highest BCUT2D eigenvalue weighted by Crippen LogP contribution is 2.24. The molecular weight excluding hydrogens is 266 g/mol. The van der Waals surface area contributed by atoms with Crippen molar-refractivity contribution in [3.05, 3.63) is 33.9 Å². The van der Waals surface area contributed by atoms with E-state index in [1.54, 1.807) is 11.1 Å². The van der Waals surface area contributed by atoms with E-state index in [0.717, 1.165) is 6.54 Å². The largest absolute Gasteiger partial charge is 0.330 e. The Bertz CT molecular complexity index is 434. The Morgan fingerprint density at radius 3 is 1.86 bits per heavy atom. The zero-order chi connectivity index (χ0) is 16.4. The fourth-order valence-corrected chi connectivity index (χ4v) is 3.46. The maximum absolute atomic E-state index is 5.52. The Morgan fingerprint density at radius 2 is 1.32 bits per heavy atom. The molecule has 0 bridgehead atoms. The van der Waals surface area contributed by atoms with Crippen LogP contribution in [0.2, 0.25) is 0 Å². The lowest BCUT2D eigenvalue weighted by molar-refractivity contribution is 0.569. The molecule has 1 aromatic carbocycles. The second-order valence-corrected chi connectivity index (χ2v) is 6.80. The van der Waals surface area contributed by atoms with E-state index in [1.807, 2.05) is 0 Å². The summed E-state index contributed by atoms with van der Waals surface area (Å²) in [4.78, 5) is 0. The van der Waals surface area contributed by atoms with E-state index in [-0.39, 0.29) is 0 Å². The van der Waals surface area contributed by atoms with E-state index >= 15 is 0 Å². The lowest BCUT2D eigenvalue weighted by Gasteiger charge is -2.16. The summed E-state index contributed by atoms with van der Waals surface area (Å²) in [7, 11) is 0. The van der Waals surface area contributed by atoms with Gasteiger partial charge < -0.3 is 5.73 Å². The third-order valence-corrected chi connectivity index (χ3v) is 5.14. The molecule has 0 aromatic heterocycles. The van der Waals surface area contributed by atoms with Gasteiger partial charge in [-0.15, -0.1) is 0 Å². The van der Waals surface area contributed by atoms with Crippen molar-refractivity contribution in [2.75, 3.05) is 6.54 Å². The summed E-state index contributed by atoms with van der Waals surface area (Å²) in [6.45, 7) is 9.97. The molecular formula is C21H37N. The van der Waals surface area contributed by atoms with Gasteiger partial charge in [0.2, 0.25) is 0 Å². The van der Waals surface area contributed by atoms with Gasteiger partial charge in [0.1, 0.15) is 0 Å². The van der Waals surface area contributed by atoms with E-state index in [1.165, 1.54) is 80.9 Å². The van der Waals surface area contributed by atoms with E-state index in [0.29, 0.717) is 0 Å². The molecule has 22 heavy (non-hydrogen) atoms. The van der Waals surface area contributed by atoms with Crippen LogP contribution in [0.3, 0.4) is 0 Å². The third kappa shape index (κ3) is 6.12. The number of rotatable bonds is 11. The summed E-state index contributed by atoms with van der Waals surface area (Å²) < 4.78 is 0. The molecule has 0 aliphatic heterocycles. The SMILES string of the molecule is CCc1c(CCCCCCCCCCN)cc(C)c(C)c1C. The fourth-order valence-electron chi connectivity index (χ4n) is 3.46. The standard InChI is InChI=1S/C21H37N/c1-5-21-19(4)18(3)17(2)16-20(21)14-12-10-8-6-7-9-11-13-15-22/h16H,5-15,22H2,1-4H3. The van der Waals surface area contributed by atoms with Crippen LogP contribution in [-0.4, -0.2) is 6.54 Å². The molecule has 0 aliphatic rings. The summed E-state index contributed by atoms with van der Waals surface area (Å²) in [5, 5.41) is 0. The van der Waals surface area contributed by atoms with E-state index < -0.39 is 0 Å². The first-order chi connectivity index (χ1) is 10.6. The van der Waals surface area contributed by atoms with Crippen molar-refractivity contribution in [2.24, 2.45) is 5.73 Å². The Kier molecular flexibility index (Phi) is 9.47. The van der Waals surface area contributed by atoms with Crippen LogP contribution < -0.4 is 5.73 Å². The highest BCUT2D eigenvalue weighted by atomic mass is 14.5. The number of hydrogen-bond acceptors (Lipinski definition) is 1. The molecule has 0 amide bonds. The number of unbranched alkanes of at least 4 members (excludes halogenated alkanes) is 7. The number of hydrogen-bond donors (Lipinski definition) is 1. The Balaban J connectivity index is 2.30. The number of benzene rings is 1. The molecule has 2 N–H and O–H groups in total. The van der Waals surface area contributed by atoms with Crippen molar-refractivity contribution >= 4 is 0 Å². The van der Waals surface area contributed by atoms with Crippen LogP contribution >= 0.6 is 0 Å². The van der Waals surface area contributed by atoms with Crippen molar-refractivity contribution < 1.29 is 0 Å². The maximum Gasteiger partial charge on any atom is -0.00773 e. The Labute approximate surface area is 138 Å². The van der Waals surface area contributed by atoms with E-state index in [4.69, 9.17) is 5.73 Å². The van der Waals surface area contributed by atoms with Crippen molar-refractivity contribution in [3.8, 4) is 0 Å². The smallest absolute Gasteiger partial charge is 0.00773 e. The molecule has 0 spiro atoms. The van der Waals surface area contributed by atoms with Crippen LogP contribution in [0.25, 0.3) is 0 Å². The first-order valence-corrected chi connectivity index (χ1v) is 9.40. The quantitative estimate of drug-likeness (QED) is 0.514. The molecule has 0 unspecified atom stereocenters. The van der Waals surface area contributed by atoms with Crippen LogP contribution in [0.4, 0.5) is 0 Å². The summed E-state index contributed by atoms with van der Waals surface area (Å²) >= 11 is 0. The average Bonchev–Trinajstić information content (AvgIpc) is 2.51. The first kappa shape index (κ1) is 19.2. The van der Waals surface area contributed by atoms with Crippen molar-refractivity contribution in [1.29, 1.82) is 0 Å². The second-order valence-electron chi connectivity index (χ2n) is 6.80. The molecule has 0 saturated heterocycles. The van der Waals surface area contributed by atoms with Gasteiger partial charge in [-0.2, -0.15) is 0 Å². The zero-order valence-corrected chi connectivity index (χ0v) is 15.4. The van der Waals surface area contributed by atoms with Crippen molar-refractivity contribution in [2.45, 2.75) is 91.9 Å². The summed E-state index contributed by atoms with van der Waals surface area (Å²) in [5.41, 5.74) is 13.2. The van der Waals surface area contributed by atoms with Crippen LogP contribution in [0, 0.1) is 20.8 Å². The van der Waals surface area contributed by atoms with E-state index in [2.05, 4.69) is 33.8 Å². The van der Waals surface area contributed by atoms with Crippen LogP contribution in [0.5, 0.6) is 0 Å². The topological polar surface area (TPSA) is 26.0 Å². The second kappa shape index (κ2) is 10.8. The molecule has 0 radical (unpaired) electrons. The molecule has 0 atom stereocenters. The van der Waals surface area contributed by atoms with Crippen LogP contribution in [0.1, 0.15) is 86.1 Å². The predicted octanol–water partition coefficient (Wildman–Crippen LogP) is 5.80. The van der Waals surface area contributed by atoms with Crippen molar-refractivity contribution in [1.82, 2.24) is 0 Å². The molecule has 0 aliphatic carbocycles. The normalized spacial score (nSPS) is 11.1. The molecule has 1 rings (SSSR count). The monoisotopic (exact) mass is 303 g/mol. The highest BCUT2D eigenvalue weighted by Gasteiger charge is 2.08. The molecule has 1 nitrogen and oxygen atoms in total. The minimum atomic E-state index is 0.856. The van der Waals surface area contributed by atoms with Gasteiger partial charge in [0.05, 0.1) is 0 Å². The highest BCUT2D eigenvalue weighted by molar-refractivity contribution is 5.44.